The summed E-state index contributed by atoms with van der Waals surface area (Å²) in [5, 5.41) is 1.94. The fourth-order valence-electron chi connectivity index (χ4n) is 4.08. The second kappa shape index (κ2) is 8.70. The van der Waals surface area contributed by atoms with Crippen LogP contribution in [0.3, 0.4) is 0 Å². The van der Waals surface area contributed by atoms with Gasteiger partial charge in [-0.2, -0.15) is 8.61 Å². The average molecular weight is 469 g/mol. The van der Waals surface area contributed by atoms with Crippen LogP contribution in [-0.2, 0) is 26.6 Å². The largest absolute Gasteiger partial charge is 0.243 e. The zero-order valence-corrected chi connectivity index (χ0v) is 19.6. The van der Waals surface area contributed by atoms with Gasteiger partial charge in [0, 0.05) is 30.1 Å². The highest BCUT2D eigenvalue weighted by atomic mass is 32.2. The SMILES string of the molecule is CC[C@@H]1CCCCN1S(=O)(=O)c1ccc(S(=O)(=O)N(Cc2cccs2)C2CC2)cc1. The maximum atomic E-state index is 13.3. The smallest absolute Gasteiger partial charge is 0.207 e. The number of nitrogens with zero attached hydrogens (tertiary/aromatic N) is 2. The third-order valence-corrected chi connectivity index (χ3v) is 10.7. The lowest BCUT2D eigenvalue weighted by Gasteiger charge is -2.34. The Morgan fingerprint density at radius 2 is 1.70 bits per heavy atom. The summed E-state index contributed by atoms with van der Waals surface area (Å²) < 4.78 is 56.0. The third-order valence-electron chi connectivity index (χ3n) is 5.93. The standard InChI is InChI=1S/C21H28N2O4S3/c1-2-17-6-3-4-14-22(17)29(24,25)20-10-12-21(13-11-20)30(26,27)23(18-8-9-18)16-19-7-5-15-28-19/h5,7,10-13,15,17-18H,2-4,6,8-9,14,16H2,1H3/t17-/m1/s1. The van der Waals surface area contributed by atoms with Gasteiger partial charge < -0.3 is 0 Å². The number of piperidine rings is 1. The zero-order valence-electron chi connectivity index (χ0n) is 17.1. The minimum Gasteiger partial charge on any atom is -0.207 e. The molecule has 0 amide bonds. The molecule has 1 saturated heterocycles. The van der Waals surface area contributed by atoms with Crippen molar-refractivity contribution in [2.75, 3.05) is 6.54 Å². The molecule has 1 aromatic heterocycles. The van der Waals surface area contributed by atoms with Gasteiger partial charge in [0.05, 0.1) is 9.79 Å². The molecule has 1 saturated carbocycles. The van der Waals surface area contributed by atoms with E-state index in [4.69, 9.17) is 0 Å². The number of hydrogen-bond donors (Lipinski definition) is 0. The van der Waals surface area contributed by atoms with Crippen LogP contribution >= 0.6 is 11.3 Å². The Bertz CT molecular complexity index is 1060. The number of hydrogen-bond acceptors (Lipinski definition) is 5. The fourth-order valence-corrected chi connectivity index (χ4v) is 8.30. The highest BCUT2D eigenvalue weighted by Gasteiger charge is 2.39. The van der Waals surface area contributed by atoms with Crippen molar-refractivity contribution in [1.82, 2.24) is 8.61 Å². The second-order valence-electron chi connectivity index (χ2n) is 8.01. The number of rotatable bonds is 8. The molecule has 30 heavy (non-hydrogen) atoms. The maximum absolute atomic E-state index is 13.3. The lowest BCUT2D eigenvalue weighted by molar-refractivity contribution is 0.246. The molecule has 0 spiro atoms. The van der Waals surface area contributed by atoms with E-state index in [0.717, 1.165) is 43.4 Å². The summed E-state index contributed by atoms with van der Waals surface area (Å²) >= 11 is 1.54. The summed E-state index contributed by atoms with van der Waals surface area (Å²) in [6.07, 6.45) is 5.30. The summed E-state index contributed by atoms with van der Waals surface area (Å²) in [6, 6.07) is 9.67. The van der Waals surface area contributed by atoms with Gasteiger partial charge in [0.2, 0.25) is 20.0 Å². The Balaban J connectivity index is 1.59. The minimum absolute atomic E-state index is 0.0170. The molecule has 2 aromatic rings. The second-order valence-corrected chi connectivity index (χ2v) is 12.8. The Morgan fingerprint density at radius 1 is 1.00 bits per heavy atom. The van der Waals surface area contributed by atoms with E-state index in [1.807, 2.05) is 24.4 Å². The van der Waals surface area contributed by atoms with E-state index in [2.05, 4.69) is 0 Å². The van der Waals surface area contributed by atoms with Gasteiger partial charge in [0.25, 0.3) is 0 Å². The molecule has 2 heterocycles. The average Bonchev–Trinajstić information content (AvgIpc) is 3.46. The van der Waals surface area contributed by atoms with Crippen LogP contribution in [-0.4, -0.2) is 44.1 Å². The maximum Gasteiger partial charge on any atom is 0.243 e. The van der Waals surface area contributed by atoms with Gasteiger partial charge in [-0.1, -0.05) is 19.4 Å². The normalized spacial score (nSPS) is 21.2. The van der Waals surface area contributed by atoms with E-state index in [-0.39, 0.29) is 21.9 Å². The van der Waals surface area contributed by atoms with Crippen LogP contribution in [0.5, 0.6) is 0 Å². The van der Waals surface area contributed by atoms with Gasteiger partial charge in [0.1, 0.15) is 0 Å². The molecule has 6 nitrogen and oxygen atoms in total. The monoisotopic (exact) mass is 468 g/mol. The molecule has 2 aliphatic rings. The quantitative estimate of drug-likeness (QED) is 0.586. The summed E-state index contributed by atoms with van der Waals surface area (Å²) in [5.41, 5.74) is 0. The summed E-state index contributed by atoms with van der Waals surface area (Å²) in [4.78, 5) is 1.31. The highest BCUT2D eigenvalue weighted by molar-refractivity contribution is 7.89. The number of benzene rings is 1. The first-order chi connectivity index (χ1) is 14.3. The van der Waals surface area contributed by atoms with Crippen LogP contribution in [0.25, 0.3) is 0 Å². The first kappa shape index (κ1) is 22.0. The number of sulfonamides is 2. The molecule has 1 aromatic carbocycles. The van der Waals surface area contributed by atoms with Crippen molar-refractivity contribution in [3.05, 3.63) is 46.7 Å². The van der Waals surface area contributed by atoms with Crippen molar-refractivity contribution in [1.29, 1.82) is 0 Å². The molecule has 2 fully saturated rings. The predicted molar refractivity (Wildman–Crippen MR) is 118 cm³/mol. The van der Waals surface area contributed by atoms with Gasteiger partial charge in [-0.25, -0.2) is 16.8 Å². The van der Waals surface area contributed by atoms with Gasteiger partial charge >= 0.3 is 0 Å². The predicted octanol–water partition coefficient (Wildman–Crippen LogP) is 4.05. The van der Waals surface area contributed by atoms with Gasteiger partial charge in [-0.3, -0.25) is 0 Å². The molecule has 0 unspecified atom stereocenters. The molecule has 0 N–H and O–H groups in total. The molecule has 0 radical (unpaired) electrons. The minimum atomic E-state index is -3.68. The van der Waals surface area contributed by atoms with E-state index in [1.165, 1.54) is 24.3 Å². The molecule has 1 aliphatic heterocycles. The van der Waals surface area contributed by atoms with E-state index >= 15 is 0 Å². The van der Waals surface area contributed by atoms with Crippen LogP contribution in [0.2, 0.25) is 0 Å². The summed E-state index contributed by atoms with van der Waals surface area (Å²) in [7, 11) is -7.31. The van der Waals surface area contributed by atoms with Crippen LogP contribution in [0.1, 0.15) is 50.3 Å². The lowest BCUT2D eigenvalue weighted by Crippen LogP contribution is -2.43. The Hall–Kier alpha value is -1.26. The van der Waals surface area contributed by atoms with Crippen LogP contribution in [0.15, 0.2) is 51.6 Å². The molecule has 1 atom stereocenters. The fraction of sp³-hybridized carbons (Fsp3) is 0.524. The van der Waals surface area contributed by atoms with Crippen molar-refractivity contribution < 1.29 is 16.8 Å². The molecular formula is C21H28N2O4S3. The van der Waals surface area contributed by atoms with Crippen molar-refractivity contribution >= 4 is 31.4 Å². The molecule has 9 heteroatoms. The molecular weight excluding hydrogens is 440 g/mol. The molecule has 0 bridgehead atoms. The molecule has 164 valence electrons. The first-order valence-electron chi connectivity index (χ1n) is 10.5. The van der Waals surface area contributed by atoms with Crippen molar-refractivity contribution in [3.8, 4) is 0 Å². The Kier molecular flexibility index (Phi) is 6.37. The van der Waals surface area contributed by atoms with Gasteiger partial charge in [-0.15, -0.1) is 11.3 Å². The van der Waals surface area contributed by atoms with Crippen molar-refractivity contribution in [2.45, 2.75) is 73.9 Å². The Labute approximate surface area is 183 Å². The van der Waals surface area contributed by atoms with Crippen LogP contribution in [0.4, 0.5) is 0 Å². The van der Waals surface area contributed by atoms with Crippen LogP contribution < -0.4 is 0 Å². The topological polar surface area (TPSA) is 74.8 Å². The molecule has 4 rings (SSSR count). The third kappa shape index (κ3) is 4.36. The summed E-state index contributed by atoms with van der Waals surface area (Å²) in [5.74, 6) is 0. The van der Waals surface area contributed by atoms with Gasteiger partial charge in [0.15, 0.2) is 0 Å². The van der Waals surface area contributed by atoms with Gasteiger partial charge in [-0.05, 0) is 67.8 Å². The summed E-state index contributed by atoms with van der Waals surface area (Å²) in [6.45, 7) is 2.89. The Morgan fingerprint density at radius 3 is 2.30 bits per heavy atom. The lowest BCUT2D eigenvalue weighted by atomic mass is 10.0. The zero-order chi connectivity index (χ0) is 21.4. The van der Waals surface area contributed by atoms with E-state index in [9.17, 15) is 16.8 Å². The van der Waals surface area contributed by atoms with E-state index in [1.54, 1.807) is 19.9 Å². The van der Waals surface area contributed by atoms with E-state index in [0.29, 0.717) is 13.1 Å². The van der Waals surface area contributed by atoms with Crippen LogP contribution in [0, 0.1) is 0 Å². The first-order valence-corrected chi connectivity index (χ1v) is 14.3. The number of thiophene rings is 1. The molecule has 1 aliphatic carbocycles. The van der Waals surface area contributed by atoms with Crippen molar-refractivity contribution in [2.24, 2.45) is 0 Å². The van der Waals surface area contributed by atoms with E-state index < -0.39 is 20.0 Å². The van der Waals surface area contributed by atoms with Crippen molar-refractivity contribution in [3.63, 3.8) is 0 Å². The highest BCUT2D eigenvalue weighted by Crippen LogP contribution is 2.35.